The van der Waals surface area contributed by atoms with E-state index < -0.39 is 0 Å². The zero-order valence-electron chi connectivity index (χ0n) is 23.1. The average Bonchev–Trinajstić information content (AvgIpc) is 2.96. The van der Waals surface area contributed by atoms with Gasteiger partial charge in [0.1, 0.15) is 23.0 Å². The second kappa shape index (κ2) is 10.5. The van der Waals surface area contributed by atoms with E-state index in [0.717, 1.165) is 54.9 Å². The molecule has 0 aliphatic rings. The van der Waals surface area contributed by atoms with E-state index in [1.807, 2.05) is 98.8 Å². The van der Waals surface area contributed by atoms with Crippen LogP contribution in [0.15, 0.2) is 97.1 Å². The summed E-state index contributed by atoms with van der Waals surface area (Å²) in [5, 5.41) is 48.2. The molecule has 0 radical (unpaired) electrons. The molecule has 4 heteroatoms. The molecule has 204 valence electrons. The highest BCUT2D eigenvalue weighted by Crippen LogP contribution is 2.37. The summed E-state index contributed by atoms with van der Waals surface area (Å²) in [5.74, 6) is 0.724. The number of fused-ring (bicyclic) bond motifs is 2. The molecule has 0 fully saturated rings. The first-order chi connectivity index (χ1) is 19.8. The Hall–Kier alpha value is -4.96. The first-order valence-electron chi connectivity index (χ1n) is 13.8. The molecule has 0 atom stereocenters. The van der Waals surface area contributed by atoms with Crippen LogP contribution in [-0.2, 0) is 19.3 Å². The van der Waals surface area contributed by atoms with Gasteiger partial charge in [-0.05, 0) is 69.8 Å². The Morgan fingerprint density at radius 1 is 0.439 bits per heavy atom. The van der Waals surface area contributed by atoms with E-state index in [-0.39, 0.29) is 23.0 Å². The highest BCUT2D eigenvalue weighted by atomic mass is 16.3. The third-order valence-corrected chi connectivity index (χ3v) is 7.97. The van der Waals surface area contributed by atoms with Crippen molar-refractivity contribution in [1.82, 2.24) is 0 Å². The standard InChI is InChI=1S/C37H32O4/c1-22-15-26(36(40)28(17-22)20-32-30-9-5-3-7-24(30)11-13-34(32)38)19-27-16-23(2)18-29(37(27)41)21-33-31-10-6-4-8-25(31)12-14-35(33)39/h3-18,38-41H,19-21H2,1-2H3. The first-order valence-corrected chi connectivity index (χ1v) is 13.8. The Bertz CT molecular complexity index is 1800. The lowest BCUT2D eigenvalue weighted by atomic mass is 9.90. The molecular formula is C37H32O4. The molecule has 6 aromatic rings. The van der Waals surface area contributed by atoms with Crippen LogP contribution in [0.2, 0.25) is 0 Å². The van der Waals surface area contributed by atoms with E-state index in [9.17, 15) is 20.4 Å². The third-order valence-electron chi connectivity index (χ3n) is 7.97. The van der Waals surface area contributed by atoms with Crippen molar-refractivity contribution in [3.63, 3.8) is 0 Å². The van der Waals surface area contributed by atoms with Gasteiger partial charge in [-0.3, -0.25) is 0 Å². The van der Waals surface area contributed by atoms with E-state index in [1.54, 1.807) is 12.1 Å². The number of hydrogen-bond donors (Lipinski definition) is 4. The van der Waals surface area contributed by atoms with Crippen molar-refractivity contribution in [1.29, 1.82) is 0 Å². The van der Waals surface area contributed by atoms with Crippen molar-refractivity contribution in [2.24, 2.45) is 0 Å². The molecule has 0 aromatic heterocycles. The SMILES string of the molecule is Cc1cc(Cc2cc(C)cc(Cc3c(O)ccc4ccccc34)c2O)c(O)c(Cc2c(O)ccc3ccccc23)c1. The largest absolute Gasteiger partial charge is 0.508 e. The minimum Gasteiger partial charge on any atom is -0.508 e. The van der Waals surface area contributed by atoms with Gasteiger partial charge in [0.25, 0.3) is 0 Å². The summed E-state index contributed by atoms with van der Waals surface area (Å²) in [4.78, 5) is 0. The third kappa shape index (κ3) is 5.05. The highest BCUT2D eigenvalue weighted by molar-refractivity contribution is 5.89. The zero-order chi connectivity index (χ0) is 28.7. The van der Waals surface area contributed by atoms with Crippen LogP contribution >= 0.6 is 0 Å². The summed E-state index contributed by atoms with van der Waals surface area (Å²) in [6.07, 6.45) is 1.09. The fourth-order valence-corrected chi connectivity index (χ4v) is 6.01. The van der Waals surface area contributed by atoms with Crippen LogP contribution in [0.1, 0.15) is 44.5 Å². The molecule has 0 spiro atoms. The van der Waals surface area contributed by atoms with Crippen molar-refractivity contribution < 1.29 is 20.4 Å². The second-order valence-corrected chi connectivity index (χ2v) is 11.0. The Morgan fingerprint density at radius 2 is 0.805 bits per heavy atom. The van der Waals surface area contributed by atoms with Crippen LogP contribution in [0.5, 0.6) is 23.0 Å². The Kier molecular flexibility index (Phi) is 6.76. The van der Waals surface area contributed by atoms with Crippen LogP contribution < -0.4 is 0 Å². The van der Waals surface area contributed by atoms with Gasteiger partial charge in [-0.2, -0.15) is 0 Å². The minimum absolute atomic E-state index is 0.164. The fraction of sp³-hybridized carbons (Fsp3) is 0.135. The van der Waals surface area contributed by atoms with Crippen LogP contribution in [0.3, 0.4) is 0 Å². The molecule has 41 heavy (non-hydrogen) atoms. The molecule has 0 amide bonds. The van der Waals surface area contributed by atoms with Crippen molar-refractivity contribution in [3.8, 4) is 23.0 Å². The number of rotatable bonds is 6. The minimum atomic E-state index is 0.164. The van der Waals surface area contributed by atoms with Gasteiger partial charge in [0.05, 0.1) is 0 Å². The lowest BCUT2D eigenvalue weighted by Crippen LogP contribution is -2.00. The summed E-state index contributed by atoms with van der Waals surface area (Å²) in [7, 11) is 0. The van der Waals surface area contributed by atoms with Crippen molar-refractivity contribution in [2.75, 3.05) is 0 Å². The molecule has 0 aliphatic heterocycles. The molecular weight excluding hydrogens is 508 g/mol. The van der Waals surface area contributed by atoms with E-state index in [4.69, 9.17) is 0 Å². The molecule has 0 heterocycles. The first kappa shape index (κ1) is 26.3. The van der Waals surface area contributed by atoms with Gasteiger partial charge in [0.2, 0.25) is 0 Å². The normalized spacial score (nSPS) is 11.4. The second-order valence-electron chi connectivity index (χ2n) is 11.0. The molecule has 4 nitrogen and oxygen atoms in total. The Morgan fingerprint density at radius 3 is 1.22 bits per heavy atom. The number of phenols is 4. The molecule has 0 saturated carbocycles. The predicted octanol–water partition coefficient (Wildman–Crippen LogP) is 8.20. The van der Waals surface area contributed by atoms with Crippen molar-refractivity contribution in [2.45, 2.75) is 33.1 Å². The average molecular weight is 541 g/mol. The van der Waals surface area contributed by atoms with Crippen molar-refractivity contribution in [3.05, 3.63) is 142 Å². The van der Waals surface area contributed by atoms with Gasteiger partial charge in [-0.15, -0.1) is 0 Å². The topological polar surface area (TPSA) is 80.9 Å². The Balaban J connectivity index is 1.37. The number of phenolic OH excluding ortho intramolecular Hbond substituents is 4. The maximum Gasteiger partial charge on any atom is 0.122 e. The zero-order valence-corrected chi connectivity index (χ0v) is 23.1. The molecule has 6 rings (SSSR count). The van der Waals surface area contributed by atoms with Gasteiger partial charge in [-0.25, -0.2) is 0 Å². The fourth-order valence-electron chi connectivity index (χ4n) is 6.01. The van der Waals surface area contributed by atoms with Crippen molar-refractivity contribution >= 4 is 21.5 Å². The summed E-state index contributed by atoms with van der Waals surface area (Å²) < 4.78 is 0. The van der Waals surface area contributed by atoms with Crippen LogP contribution in [0.25, 0.3) is 21.5 Å². The maximum atomic E-state index is 11.4. The van der Waals surface area contributed by atoms with Gasteiger partial charge in [0.15, 0.2) is 0 Å². The predicted molar refractivity (Wildman–Crippen MR) is 165 cm³/mol. The number of benzene rings is 6. The maximum absolute atomic E-state index is 11.4. The quantitative estimate of drug-likeness (QED) is 0.172. The molecule has 6 aromatic carbocycles. The summed E-state index contributed by atoms with van der Waals surface area (Å²) in [6, 6.07) is 30.8. The number of aryl methyl sites for hydroxylation is 2. The van der Waals surface area contributed by atoms with Crippen LogP contribution in [0, 0.1) is 13.8 Å². The highest BCUT2D eigenvalue weighted by Gasteiger charge is 2.18. The van der Waals surface area contributed by atoms with Gasteiger partial charge >= 0.3 is 0 Å². The molecule has 0 bridgehead atoms. The van der Waals surface area contributed by atoms with Crippen LogP contribution in [0.4, 0.5) is 0 Å². The lowest BCUT2D eigenvalue weighted by molar-refractivity contribution is 0.454. The Labute approximate surface area is 239 Å². The number of aromatic hydroxyl groups is 4. The molecule has 4 N–H and O–H groups in total. The van der Waals surface area contributed by atoms with E-state index in [2.05, 4.69) is 0 Å². The van der Waals surface area contributed by atoms with E-state index in [1.165, 1.54) is 0 Å². The van der Waals surface area contributed by atoms with Crippen LogP contribution in [-0.4, -0.2) is 20.4 Å². The van der Waals surface area contributed by atoms with Gasteiger partial charge in [-0.1, -0.05) is 96.1 Å². The monoisotopic (exact) mass is 540 g/mol. The number of hydrogen-bond acceptors (Lipinski definition) is 4. The summed E-state index contributed by atoms with van der Waals surface area (Å²) in [6.45, 7) is 3.97. The lowest BCUT2D eigenvalue weighted by Gasteiger charge is -2.17. The van der Waals surface area contributed by atoms with E-state index in [0.29, 0.717) is 30.4 Å². The van der Waals surface area contributed by atoms with Gasteiger partial charge in [0, 0.05) is 30.4 Å². The van der Waals surface area contributed by atoms with E-state index >= 15 is 0 Å². The molecule has 0 aliphatic carbocycles. The summed E-state index contributed by atoms with van der Waals surface area (Å²) in [5.41, 5.74) is 6.37. The summed E-state index contributed by atoms with van der Waals surface area (Å²) >= 11 is 0. The van der Waals surface area contributed by atoms with Gasteiger partial charge < -0.3 is 20.4 Å². The molecule has 0 unspecified atom stereocenters. The molecule has 0 saturated heterocycles. The smallest absolute Gasteiger partial charge is 0.122 e.